The highest BCUT2D eigenvalue weighted by Crippen LogP contribution is 2.06. The van der Waals surface area contributed by atoms with E-state index in [0.717, 1.165) is 5.56 Å². The Morgan fingerprint density at radius 2 is 1.82 bits per heavy atom. The van der Waals surface area contributed by atoms with Crippen LogP contribution in [0, 0.1) is 0 Å². The number of carbonyl (C=O) groups excluding carboxylic acids is 2. The quantitative estimate of drug-likeness (QED) is 0.750. The Morgan fingerprint density at radius 3 is 2.45 bits per heavy atom. The van der Waals surface area contributed by atoms with Crippen molar-refractivity contribution >= 4 is 11.9 Å². The fourth-order valence-corrected chi connectivity index (χ4v) is 1.71. The number of hydrogen-bond acceptors (Lipinski definition) is 4. The molecule has 0 bridgehead atoms. The Balaban J connectivity index is 2.05. The van der Waals surface area contributed by atoms with E-state index in [1.165, 1.54) is 0 Å². The van der Waals surface area contributed by atoms with E-state index < -0.39 is 11.7 Å². The van der Waals surface area contributed by atoms with Crippen LogP contribution in [0.15, 0.2) is 30.3 Å². The van der Waals surface area contributed by atoms with Crippen LogP contribution in [0.3, 0.4) is 0 Å². The van der Waals surface area contributed by atoms with Gasteiger partial charge in [0.1, 0.15) is 5.60 Å². The molecule has 0 radical (unpaired) electrons. The largest absolute Gasteiger partial charge is 0.444 e. The van der Waals surface area contributed by atoms with E-state index in [2.05, 4.69) is 5.32 Å². The summed E-state index contributed by atoms with van der Waals surface area (Å²) >= 11 is 0. The molecule has 0 spiro atoms. The van der Waals surface area contributed by atoms with Crippen LogP contribution < -0.4 is 5.32 Å². The Bertz CT molecular complexity index is 465. The molecule has 0 unspecified atom stereocenters. The molecule has 122 valence electrons. The molecule has 0 aromatic heterocycles. The summed E-state index contributed by atoms with van der Waals surface area (Å²) in [6.07, 6.45) is 0.452. The average Bonchev–Trinajstić information content (AvgIpc) is 2.44. The number of ether oxygens (including phenoxy) is 2. The van der Waals surface area contributed by atoms with Gasteiger partial charge >= 0.3 is 6.09 Å². The van der Waals surface area contributed by atoms with Crippen LogP contribution >= 0.6 is 0 Å². The van der Waals surface area contributed by atoms with Gasteiger partial charge in [0.15, 0.2) is 5.78 Å². The number of carbonyl (C=O) groups is 2. The molecule has 0 fully saturated rings. The molecular weight excluding hydrogens is 282 g/mol. The molecule has 5 nitrogen and oxygen atoms in total. The summed E-state index contributed by atoms with van der Waals surface area (Å²) in [5.74, 6) is -0.0332. The number of nitrogens with one attached hydrogen (secondary N) is 1. The van der Waals surface area contributed by atoms with Gasteiger partial charge in [0.2, 0.25) is 0 Å². The predicted molar refractivity (Wildman–Crippen MR) is 84.6 cm³/mol. The molecule has 0 heterocycles. The zero-order valence-corrected chi connectivity index (χ0v) is 13.6. The van der Waals surface area contributed by atoms with Crippen LogP contribution in [0.5, 0.6) is 0 Å². The topological polar surface area (TPSA) is 64.6 Å². The molecular formula is C17H25NO4. The summed E-state index contributed by atoms with van der Waals surface area (Å²) in [4.78, 5) is 23.0. The molecule has 0 atom stereocenters. The van der Waals surface area contributed by atoms with Crippen LogP contribution in [-0.2, 0) is 20.9 Å². The van der Waals surface area contributed by atoms with Crippen molar-refractivity contribution in [2.75, 3.05) is 13.2 Å². The van der Waals surface area contributed by atoms with Crippen LogP contribution in [0.1, 0.15) is 39.2 Å². The van der Waals surface area contributed by atoms with Crippen molar-refractivity contribution in [2.45, 2.75) is 45.8 Å². The van der Waals surface area contributed by atoms with Gasteiger partial charge in [-0.2, -0.15) is 0 Å². The minimum atomic E-state index is -0.568. The summed E-state index contributed by atoms with van der Waals surface area (Å²) in [5.41, 5.74) is 0.554. The van der Waals surface area contributed by atoms with E-state index in [9.17, 15) is 9.59 Å². The van der Waals surface area contributed by atoms with Gasteiger partial charge in [0.25, 0.3) is 0 Å². The molecule has 1 aromatic rings. The molecule has 0 aliphatic carbocycles. The maximum Gasteiger partial charge on any atom is 0.408 e. The Hall–Kier alpha value is -1.88. The maximum atomic E-state index is 11.6. The van der Waals surface area contributed by atoms with Gasteiger partial charge in [-0.3, -0.25) is 4.79 Å². The first-order valence-corrected chi connectivity index (χ1v) is 7.47. The Labute approximate surface area is 132 Å². The van der Waals surface area contributed by atoms with E-state index in [1.54, 1.807) is 20.8 Å². The molecule has 0 saturated heterocycles. The molecule has 1 aromatic carbocycles. The van der Waals surface area contributed by atoms with Crippen molar-refractivity contribution in [3.8, 4) is 0 Å². The normalized spacial score (nSPS) is 11.0. The van der Waals surface area contributed by atoms with Crippen LogP contribution in [0.25, 0.3) is 0 Å². The van der Waals surface area contributed by atoms with E-state index in [-0.39, 0.29) is 12.3 Å². The number of benzene rings is 1. The van der Waals surface area contributed by atoms with Crippen molar-refractivity contribution in [3.63, 3.8) is 0 Å². The number of rotatable bonds is 8. The summed E-state index contributed by atoms with van der Waals surface area (Å²) in [7, 11) is 0. The van der Waals surface area contributed by atoms with Gasteiger partial charge in [-0.25, -0.2) is 4.79 Å². The first-order chi connectivity index (χ1) is 10.4. The van der Waals surface area contributed by atoms with Crippen LogP contribution in [0.4, 0.5) is 4.79 Å². The van der Waals surface area contributed by atoms with Gasteiger partial charge in [-0.15, -0.1) is 0 Å². The molecule has 1 amide bonds. The monoisotopic (exact) mass is 307 g/mol. The zero-order chi connectivity index (χ0) is 16.4. The molecule has 0 saturated carbocycles. The number of hydrogen-bond donors (Lipinski definition) is 1. The lowest BCUT2D eigenvalue weighted by Gasteiger charge is -2.19. The maximum absolute atomic E-state index is 11.6. The predicted octanol–water partition coefficient (Wildman–Crippen LogP) is 3.08. The second-order valence-corrected chi connectivity index (χ2v) is 6.04. The minimum Gasteiger partial charge on any atom is -0.444 e. The second-order valence-electron chi connectivity index (χ2n) is 6.04. The van der Waals surface area contributed by atoms with E-state index >= 15 is 0 Å². The van der Waals surface area contributed by atoms with Crippen molar-refractivity contribution in [3.05, 3.63) is 35.9 Å². The number of ketones is 1. The van der Waals surface area contributed by atoms with Crippen LogP contribution in [-0.4, -0.2) is 30.6 Å². The third-order valence-corrected chi connectivity index (χ3v) is 2.68. The van der Waals surface area contributed by atoms with E-state index in [0.29, 0.717) is 26.1 Å². The summed E-state index contributed by atoms with van der Waals surface area (Å²) in [6, 6.07) is 9.88. The third kappa shape index (κ3) is 9.13. The lowest BCUT2D eigenvalue weighted by atomic mass is 10.2. The second kappa shape index (κ2) is 9.20. The number of Topliss-reactive ketones (excluding diaryl/α,β-unsaturated/α-hetero) is 1. The van der Waals surface area contributed by atoms with Crippen molar-refractivity contribution in [2.24, 2.45) is 0 Å². The highest BCUT2D eigenvalue weighted by Gasteiger charge is 2.16. The Morgan fingerprint density at radius 1 is 1.14 bits per heavy atom. The summed E-state index contributed by atoms with van der Waals surface area (Å²) in [6.45, 7) is 6.39. The van der Waals surface area contributed by atoms with E-state index in [1.807, 2.05) is 30.3 Å². The molecule has 5 heteroatoms. The fraction of sp³-hybridized carbons (Fsp3) is 0.529. The van der Waals surface area contributed by atoms with Crippen molar-refractivity contribution < 1.29 is 19.1 Å². The van der Waals surface area contributed by atoms with E-state index in [4.69, 9.17) is 9.47 Å². The average molecular weight is 307 g/mol. The first-order valence-electron chi connectivity index (χ1n) is 7.47. The lowest BCUT2D eigenvalue weighted by molar-refractivity contribution is -0.118. The van der Waals surface area contributed by atoms with Gasteiger partial charge in [-0.1, -0.05) is 30.3 Å². The molecule has 0 aliphatic rings. The SMILES string of the molecule is CC(C)(C)OC(=O)NCC(=O)CCCOCc1ccccc1. The highest BCUT2D eigenvalue weighted by atomic mass is 16.6. The van der Waals surface area contributed by atoms with Gasteiger partial charge < -0.3 is 14.8 Å². The summed E-state index contributed by atoms with van der Waals surface area (Å²) < 4.78 is 10.6. The van der Waals surface area contributed by atoms with Gasteiger partial charge in [0, 0.05) is 13.0 Å². The van der Waals surface area contributed by atoms with Crippen LogP contribution in [0.2, 0.25) is 0 Å². The number of amides is 1. The standard InChI is InChI=1S/C17H25NO4/c1-17(2,3)22-16(20)18-12-15(19)10-7-11-21-13-14-8-5-4-6-9-14/h4-6,8-9H,7,10-13H2,1-3H3,(H,18,20). The smallest absolute Gasteiger partial charge is 0.408 e. The minimum absolute atomic E-state index is 0.00635. The van der Waals surface area contributed by atoms with Gasteiger partial charge in [0.05, 0.1) is 13.2 Å². The molecule has 0 aliphatic heterocycles. The molecule has 1 rings (SSSR count). The molecule has 1 N–H and O–H groups in total. The lowest BCUT2D eigenvalue weighted by Crippen LogP contribution is -2.35. The van der Waals surface area contributed by atoms with Gasteiger partial charge in [-0.05, 0) is 32.8 Å². The summed E-state index contributed by atoms with van der Waals surface area (Å²) in [5, 5.41) is 2.45. The van der Waals surface area contributed by atoms with Crippen molar-refractivity contribution in [1.82, 2.24) is 5.32 Å². The third-order valence-electron chi connectivity index (χ3n) is 2.68. The molecule has 22 heavy (non-hydrogen) atoms. The Kier molecular flexibility index (Phi) is 7.60. The zero-order valence-electron chi connectivity index (χ0n) is 13.6. The van der Waals surface area contributed by atoms with Crippen molar-refractivity contribution in [1.29, 1.82) is 0 Å². The fourth-order valence-electron chi connectivity index (χ4n) is 1.71. The highest BCUT2D eigenvalue weighted by molar-refractivity contribution is 5.83. The number of alkyl carbamates (subject to hydrolysis) is 1. The first kappa shape index (κ1) is 18.2.